The molecule has 6 rings (SSSR count). The van der Waals surface area contributed by atoms with Crippen LogP contribution in [0.5, 0.6) is 0 Å². The Balaban J connectivity index is 1.30. The molecule has 1 aliphatic carbocycles. The van der Waals surface area contributed by atoms with Gasteiger partial charge in [0.15, 0.2) is 0 Å². The average Bonchev–Trinajstić information content (AvgIpc) is 4.04. The molecule has 66 heavy (non-hydrogen) atoms. The van der Waals surface area contributed by atoms with Gasteiger partial charge in [0.25, 0.3) is 5.91 Å². The van der Waals surface area contributed by atoms with Crippen molar-refractivity contribution in [1.29, 1.82) is 0 Å². The number of nitrogens with one attached hydrogen (secondary N) is 2. The first-order chi connectivity index (χ1) is 31.7. The van der Waals surface area contributed by atoms with Crippen LogP contribution in [0.1, 0.15) is 186 Å². The highest BCUT2D eigenvalue weighted by molar-refractivity contribution is 5.94. The minimum atomic E-state index is -0.636. The summed E-state index contributed by atoms with van der Waals surface area (Å²) in [6.07, 6.45) is 15.3. The lowest BCUT2D eigenvalue weighted by Gasteiger charge is -2.47. The van der Waals surface area contributed by atoms with Crippen molar-refractivity contribution in [2.75, 3.05) is 59.5 Å². The molecule has 4 fully saturated rings. The molecule has 0 spiro atoms. The second-order valence-electron chi connectivity index (χ2n) is 21.8. The number of hydrazine groups is 1. The van der Waals surface area contributed by atoms with E-state index in [0.29, 0.717) is 37.5 Å². The topological polar surface area (TPSA) is 99.3 Å². The molecule has 1 aromatic heterocycles. The molecular formula is C56H90N6O4. The van der Waals surface area contributed by atoms with E-state index >= 15 is 4.79 Å². The Morgan fingerprint density at radius 3 is 2.42 bits per heavy atom. The Morgan fingerprint density at radius 1 is 0.985 bits per heavy atom. The van der Waals surface area contributed by atoms with Gasteiger partial charge in [-0.25, -0.2) is 5.43 Å². The number of hydrogen-bond donors (Lipinski definition) is 2. The smallest absolute Gasteiger partial charge is 0.260 e. The Kier molecular flexibility index (Phi) is 18.9. The van der Waals surface area contributed by atoms with Crippen LogP contribution in [0.15, 0.2) is 36.5 Å². The summed E-state index contributed by atoms with van der Waals surface area (Å²) in [7, 11) is 1.77. The maximum atomic E-state index is 15.0. The maximum absolute atomic E-state index is 15.0. The molecule has 2 aromatic rings. The fourth-order valence-corrected chi connectivity index (χ4v) is 11.5. The molecule has 6 unspecified atom stereocenters. The first-order valence-electron chi connectivity index (χ1n) is 26.4. The van der Waals surface area contributed by atoms with Gasteiger partial charge < -0.3 is 19.7 Å². The number of benzene rings is 1. The standard InChI is InChI=1S/C56H90N6O4/c1-12-39(5)34-56(15-4)38-61(31-32-66-56)52(43-21-16-17-22-43)53(63)59-49(54(64)62-29-19-18-28-58-62)37-60-30-26-45(36-60)44-25-24-41(7)47(33-44)48(35-55(9,10)14-3)50(40(6)13-2)46-23-20-27-57-51(46)42(8)65-11/h20,23-25,27,33,39-40,42-43,45,49,52,58H,12-19,21-22,26,28-32,34-38H2,1-11H3,(H,59,63)/b50-48+/t39?,40-,42?,45?,49?,52?,56?/m1/s1. The van der Waals surface area contributed by atoms with E-state index < -0.39 is 6.04 Å². The second-order valence-corrected chi connectivity index (χ2v) is 21.8. The minimum absolute atomic E-state index is 0.0144. The molecule has 0 radical (unpaired) electrons. The molecule has 3 saturated heterocycles. The van der Waals surface area contributed by atoms with Crippen LogP contribution in [-0.2, 0) is 19.1 Å². The third-order valence-electron chi connectivity index (χ3n) is 16.5. The van der Waals surface area contributed by atoms with Crippen molar-refractivity contribution in [3.8, 4) is 0 Å². The highest BCUT2D eigenvalue weighted by Crippen LogP contribution is 2.45. The molecule has 7 atom stereocenters. The van der Waals surface area contributed by atoms with Gasteiger partial charge in [-0.2, -0.15) is 0 Å². The number of allylic oxidation sites excluding steroid dienone is 2. The molecule has 10 nitrogen and oxygen atoms in total. The number of amides is 2. The van der Waals surface area contributed by atoms with E-state index in [1.54, 1.807) is 12.1 Å². The SMILES string of the molecule is CCC(C)CC1(CC)CN(C(C(=O)NC(CN2CCC(c3ccc(C)c(/C(CC(C)(C)CC)=C(/c4cccnc4C(C)OC)[C@H](C)CC)c3)C2)C(=O)N2CCCCN2)C2CCCC2)CCO1. The van der Waals surface area contributed by atoms with Crippen LogP contribution in [-0.4, -0.2) is 109 Å². The summed E-state index contributed by atoms with van der Waals surface area (Å²) in [5.74, 6) is 1.48. The minimum Gasteiger partial charge on any atom is -0.375 e. The third-order valence-corrected chi connectivity index (χ3v) is 16.5. The Bertz CT molecular complexity index is 1920. The summed E-state index contributed by atoms with van der Waals surface area (Å²) >= 11 is 0. The Morgan fingerprint density at radius 2 is 1.76 bits per heavy atom. The zero-order chi connectivity index (χ0) is 47.6. The van der Waals surface area contributed by atoms with Gasteiger partial charge in [-0.05, 0) is 141 Å². The predicted octanol–water partition coefficient (Wildman–Crippen LogP) is 10.8. The number of likely N-dealkylation sites (tertiary alicyclic amines) is 1. The molecule has 3 aliphatic heterocycles. The van der Waals surface area contributed by atoms with E-state index in [0.717, 1.165) is 122 Å². The Labute approximate surface area is 400 Å². The van der Waals surface area contributed by atoms with Crippen molar-refractivity contribution in [3.63, 3.8) is 0 Å². The zero-order valence-corrected chi connectivity index (χ0v) is 43.3. The van der Waals surface area contributed by atoms with Crippen molar-refractivity contribution in [2.45, 2.75) is 182 Å². The number of aryl methyl sites for hydroxylation is 1. The van der Waals surface area contributed by atoms with Crippen LogP contribution in [0.4, 0.5) is 0 Å². The van der Waals surface area contributed by atoms with Gasteiger partial charge >= 0.3 is 0 Å². The lowest BCUT2D eigenvalue weighted by Crippen LogP contribution is -2.64. The van der Waals surface area contributed by atoms with Crippen molar-refractivity contribution < 1.29 is 19.1 Å². The molecule has 2 amide bonds. The molecule has 1 saturated carbocycles. The van der Waals surface area contributed by atoms with E-state index in [1.807, 2.05) is 6.20 Å². The number of morpholine rings is 1. The number of rotatable bonds is 21. The quantitative estimate of drug-likeness (QED) is 0.128. The van der Waals surface area contributed by atoms with E-state index in [2.05, 4.69) is 120 Å². The fraction of sp³-hybridized carbons (Fsp3) is 0.732. The van der Waals surface area contributed by atoms with Gasteiger partial charge in [0, 0.05) is 58.1 Å². The summed E-state index contributed by atoms with van der Waals surface area (Å²) in [6, 6.07) is 10.6. The normalized spacial score (nSPS) is 24.2. The third kappa shape index (κ3) is 12.7. The average molecular weight is 911 g/mol. The number of methoxy groups -OCH3 is 1. The molecular weight excluding hydrogens is 821 g/mol. The second kappa shape index (κ2) is 23.9. The number of nitrogens with zero attached hydrogens (tertiary/aromatic N) is 4. The van der Waals surface area contributed by atoms with Crippen molar-refractivity contribution in [1.82, 2.24) is 30.5 Å². The number of aromatic nitrogens is 1. The number of carbonyl (C=O) groups excluding carboxylic acids is 2. The van der Waals surface area contributed by atoms with Crippen LogP contribution < -0.4 is 10.7 Å². The summed E-state index contributed by atoms with van der Waals surface area (Å²) in [4.78, 5) is 39.4. The lowest BCUT2D eigenvalue weighted by atomic mass is 9.74. The first kappa shape index (κ1) is 52.2. The van der Waals surface area contributed by atoms with Crippen LogP contribution in [0.25, 0.3) is 11.1 Å². The summed E-state index contributed by atoms with van der Waals surface area (Å²) in [5, 5.41) is 5.27. The number of carbonyl (C=O) groups is 2. The van der Waals surface area contributed by atoms with Crippen molar-refractivity contribution >= 4 is 23.0 Å². The van der Waals surface area contributed by atoms with Crippen LogP contribution in [0.3, 0.4) is 0 Å². The number of hydrogen-bond acceptors (Lipinski definition) is 8. The summed E-state index contributed by atoms with van der Waals surface area (Å²) in [5.41, 5.74) is 12.2. The van der Waals surface area contributed by atoms with E-state index in [9.17, 15) is 4.79 Å². The largest absolute Gasteiger partial charge is 0.375 e. The highest BCUT2D eigenvalue weighted by Gasteiger charge is 2.44. The van der Waals surface area contributed by atoms with E-state index in [1.165, 1.54) is 33.4 Å². The van der Waals surface area contributed by atoms with Gasteiger partial charge in [-0.1, -0.05) is 105 Å². The Hall–Kier alpha value is -3.15. The molecule has 4 aliphatic rings. The van der Waals surface area contributed by atoms with Crippen LogP contribution in [0.2, 0.25) is 0 Å². The number of pyridine rings is 1. The monoisotopic (exact) mass is 911 g/mol. The van der Waals surface area contributed by atoms with Gasteiger partial charge in [-0.15, -0.1) is 0 Å². The molecule has 4 heterocycles. The summed E-state index contributed by atoms with van der Waals surface area (Å²) in [6.45, 7) is 28.8. The molecule has 368 valence electrons. The first-order valence-corrected chi connectivity index (χ1v) is 26.4. The van der Waals surface area contributed by atoms with E-state index in [-0.39, 0.29) is 40.9 Å². The molecule has 10 heteroatoms. The van der Waals surface area contributed by atoms with E-state index in [4.69, 9.17) is 14.5 Å². The number of ether oxygens (including phenoxy) is 2. The zero-order valence-electron chi connectivity index (χ0n) is 43.3. The van der Waals surface area contributed by atoms with Gasteiger partial charge in [0.2, 0.25) is 5.91 Å². The van der Waals surface area contributed by atoms with Gasteiger partial charge in [0.05, 0.1) is 30.0 Å². The van der Waals surface area contributed by atoms with Crippen molar-refractivity contribution in [3.05, 3.63) is 64.5 Å². The summed E-state index contributed by atoms with van der Waals surface area (Å²) < 4.78 is 12.5. The van der Waals surface area contributed by atoms with Crippen LogP contribution in [0, 0.1) is 30.1 Å². The maximum Gasteiger partial charge on any atom is 0.260 e. The molecule has 2 N–H and O–H groups in total. The molecule has 1 aromatic carbocycles. The lowest BCUT2D eigenvalue weighted by molar-refractivity contribution is -0.152. The van der Waals surface area contributed by atoms with Crippen molar-refractivity contribution in [2.24, 2.45) is 23.2 Å². The predicted molar refractivity (Wildman–Crippen MR) is 271 cm³/mol. The van der Waals surface area contributed by atoms with Gasteiger partial charge in [0.1, 0.15) is 6.04 Å². The highest BCUT2D eigenvalue weighted by atomic mass is 16.5. The van der Waals surface area contributed by atoms with Gasteiger partial charge in [-0.3, -0.25) is 24.5 Å². The fourth-order valence-electron chi connectivity index (χ4n) is 11.5. The van der Waals surface area contributed by atoms with Crippen LogP contribution >= 0.6 is 0 Å². The molecule has 0 bridgehead atoms.